The highest BCUT2D eigenvalue weighted by molar-refractivity contribution is 7.15. The number of rotatable bonds is 8. The van der Waals surface area contributed by atoms with Gasteiger partial charge < -0.3 is 25.0 Å². The van der Waals surface area contributed by atoms with Gasteiger partial charge in [-0.05, 0) is 57.0 Å². The molecule has 1 aromatic carbocycles. The molecular formula is C23H30N4O4S. The van der Waals surface area contributed by atoms with Gasteiger partial charge in [-0.2, -0.15) is 0 Å². The van der Waals surface area contributed by atoms with E-state index < -0.39 is 5.97 Å². The summed E-state index contributed by atoms with van der Waals surface area (Å²) in [6, 6.07) is 8.37. The molecule has 2 amide bonds. The highest BCUT2D eigenvalue weighted by Crippen LogP contribution is 2.32. The fraction of sp³-hybridized carbons (Fsp3) is 0.522. The molecule has 2 N–H and O–H groups in total. The zero-order valence-corrected chi connectivity index (χ0v) is 19.2. The van der Waals surface area contributed by atoms with E-state index >= 15 is 0 Å². The van der Waals surface area contributed by atoms with Crippen LogP contribution in [0.1, 0.15) is 36.8 Å². The van der Waals surface area contributed by atoms with Crippen LogP contribution in [0.4, 0.5) is 4.79 Å². The summed E-state index contributed by atoms with van der Waals surface area (Å²) in [5, 5.41) is 12.1. The number of nitrogens with zero attached hydrogens (tertiary/aromatic N) is 3. The maximum Gasteiger partial charge on any atom is 0.323 e. The molecule has 1 atom stereocenters. The van der Waals surface area contributed by atoms with Crippen molar-refractivity contribution in [2.75, 3.05) is 32.8 Å². The Balaban J connectivity index is 1.28. The number of carbonyl (C=O) groups excluding carboxylic acids is 1. The Labute approximate surface area is 192 Å². The standard InChI is InChI=1S/C23H30N4O4S/c1-16-4-2-10-26(16)11-3-13-31-18-7-5-17(6-8-18)22-25-19-9-12-27(15-20(19)32-22)23(30)24-14-21(28)29/h5-8,16H,2-4,9-15H2,1H3,(H,24,30)(H,28,29). The highest BCUT2D eigenvalue weighted by Gasteiger charge is 2.24. The number of aliphatic carboxylic acids is 1. The molecule has 2 aliphatic heterocycles. The van der Waals surface area contributed by atoms with Crippen molar-refractivity contribution in [1.29, 1.82) is 0 Å². The Hall–Kier alpha value is -2.65. The molecular weight excluding hydrogens is 428 g/mol. The Morgan fingerprint density at radius 1 is 1.28 bits per heavy atom. The number of thiazole rings is 1. The van der Waals surface area contributed by atoms with E-state index in [1.54, 1.807) is 16.2 Å². The molecule has 3 heterocycles. The van der Waals surface area contributed by atoms with Crippen LogP contribution >= 0.6 is 11.3 Å². The Morgan fingerprint density at radius 3 is 2.81 bits per heavy atom. The van der Waals surface area contributed by atoms with Crippen molar-refractivity contribution in [3.05, 3.63) is 34.8 Å². The molecule has 0 bridgehead atoms. The van der Waals surface area contributed by atoms with Crippen molar-refractivity contribution in [2.45, 2.75) is 45.2 Å². The van der Waals surface area contributed by atoms with Crippen molar-refractivity contribution < 1.29 is 19.4 Å². The van der Waals surface area contributed by atoms with Crippen molar-refractivity contribution in [1.82, 2.24) is 20.1 Å². The fourth-order valence-electron chi connectivity index (χ4n) is 4.23. The summed E-state index contributed by atoms with van der Waals surface area (Å²) < 4.78 is 5.92. The summed E-state index contributed by atoms with van der Waals surface area (Å²) in [6.45, 7) is 5.93. The van der Waals surface area contributed by atoms with Crippen LogP contribution in [0.25, 0.3) is 10.6 Å². The number of hydrogen-bond acceptors (Lipinski definition) is 6. The molecule has 32 heavy (non-hydrogen) atoms. The predicted octanol–water partition coefficient (Wildman–Crippen LogP) is 3.22. The van der Waals surface area contributed by atoms with E-state index in [2.05, 4.69) is 17.1 Å². The van der Waals surface area contributed by atoms with Crippen LogP contribution < -0.4 is 10.1 Å². The van der Waals surface area contributed by atoms with Gasteiger partial charge in [0.1, 0.15) is 17.3 Å². The molecule has 0 aliphatic carbocycles. The van der Waals surface area contributed by atoms with Gasteiger partial charge in [0.05, 0.1) is 18.8 Å². The third-order valence-electron chi connectivity index (χ3n) is 6.06. The summed E-state index contributed by atoms with van der Waals surface area (Å²) in [5.41, 5.74) is 2.05. The molecule has 4 rings (SSSR count). The molecule has 0 radical (unpaired) electrons. The van der Waals surface area contributed by atoms with Gasteiger partial charge in [0, 0.05) is 36.0 Å². The Morgan fingerprint density at radius 2 is 2.09 bits per heavy atom. The average Bonchev–Trinajstić information content (AvgIpc) is 3.40. The van der Waals surface area contributed by atoms with E-state index in [1.807, 2.05) is 24.3 Å². The topological polar surface area (TPSA) is 95.0 Å². The first-order valence-electron chi connectivity index (χ1n) is 11.2. The average molecular weight is 459 g/mol. The normalized spacial score (nSPS) is 18.4. The third-order valence-corrected chi connectivity index (χ3v) is 7.19. The van der Waals surface area contributed by atoms with Gasteiger partial charge in [-0.15, -0.1) is 11.3 Å². The van der Waals surface area contributed by atoms with Crippen molar-refractivity contribution in [3.63, 3.8) is 0 Å². The number of aromatic nitrogens is 1. The SMILES string of the molecule is CC1CCCN1CCCOc1ccc(-c2nc3c(s2)CN(C(=O)NCC(=O)O)CC3)cc1. The fourth-order valence-corrected chi connectivity index (χ4v) is 5.36. The van der Waals surface area contributed by atoms with Gasteiger partial charge in [0.2, 0.25) is 0 Å². The largest absolute Gasteiger partial charge is 0.494 e. The minimum atomic E-state index is -1.05. The van der Waals surface area contributed by atoms with Gasteiger partial charge in [-0.3, -0.25) is 4.79 Å². The lowest BCUT2D eigenvalue weighted by molar-refractivity contribution is -0.135. The van der Waals surface area contributed by atoms with Gasteiger partial charge in [0.25, 0.3) is 0 Å². The first-order chi connectivity index (χ1) is 15.5. The van der Waals surface area contributed by atoms with Crippen LogP contribution in [0.5, 0.6) is 5.75 Å². The lowest BCUT2D eigenvalue weighted by Crippen LogP contribution is -2.44. The minimum Gasteiger partial charge on any atom is -0.494 e. The number of hydrogen-bond donors (Lipinski definition) is 2. The van der Waals surface area contributed by atoms with Crippen molar-refractivity contribution >= 4 is 23.3 Å². The first-order valence-corrected chi connectivity index (χ1v) is 12.0. The van der Waals surface area contributed by atoms with Gasteiger partial charge in [-0.25, -0.2) is 9.78 Å². The molecule has 8 nitrogen and oxygen atoms in total. The van der Waals surface area contributed by atoms with E-state index in [0.29, 0.717) is 32.2 Å². The second-order valence-corrected chi connectivity index (χ2v) is 9.45. The lowest BCUT2D eigenvalue weighted by atomic mass is 10.2. The zero-order chi connectivity index (χ0) is 22.5. The summed E-state index contributed by atoms with van der Waals surface area (Å²) in [5.74, 6) is -0.185. The van der Waals surface area contributed by atoms with Crippen LogP contribution in [0.2, 0.25) is 0 Å². The smallest absolute Gasteiger partial charge is 0.323 e. The summed E-state index contributed by atoms with van der Waals surface area (Å²) >= 11 is 1.58. The molecule has 1 saturated heterocycles. The monoisotopic (exact) mass is 458 g/mol. The van der Waals surface area contributed by atoms with E-state index in [-0.39, 0.29) is 12.6 Å². The number of nitrogens with one attached hydrogen (secondary N) is 1. The maximum atomic E-state index is 12.1. The van der Waals surface area contributed by atoms with Crippen LogP contribution in [-0.2, 0) is 17.8 Å². The summed E-state index contributed by atoms with van der Waals surface area (Å²) in [7, 11) is 0. The minimum absolute atomic E-state index is 0.353. The number of carboxylic acid groups (broad SMARTS) is 1. The molecule has 1 aromatic heterocycles. The zero-order valence-electron chi connectivity index (χ0n) is 18.4. The number of ether oxygens (including phenoxy) is 1. The molecule has 1 unspecified atom stereocenters. The van der Waals surface area contributed by atoms with Crippen LogP contribution in [0.3, 0.4) is 0 Å². The van der Waals surface area contributed by atoms with Crippen LogP contribution in [0, 0.1) is 0 Å². The molecule has 0 spiro atoms. The Bertz CT molecular complexity index is 946. The van der Waals surface area contributed by atoms with Crippen LogP contribution in [-0.4, -0.2) is 70.7 Å². The van der Waals surface area contributed by atoms with Gasteiger partial charge >= 0.3 is 12.0 Å². The summed E-state index contributed by atoms with van der Waals surface area (Å²) in [6.07, 6.45) is 4.31. The quantitative estimate of drug-likeness (QED) is 0.590. The number of likely N-dealkylation sites (tertiary alicyclic amines) is 1. The molecule has 2 aromatic rings. The van der Waals surface area contributed by atoms with E-state index in [0.717, 1.165) is 39.9 Å². The van der Waals surface area contributed by atoms with Gasteiger partial charge in [0.15, 0.2) is 0 Å². The van der Waals surface area contributed by atoms with E-state index in [9.17, 15) is 9.59 Å². The molecule has 2 aliphatic rings. The maximum absolute atomic E-state index is 12.1. The predicted molar refractivity (Wildman–Crippen MR) is 123 cm³/mol. The van der Waals surface area contributed by atoms with E-state index in [1.165, 1.54) is 19.4 Å². The number of carbonyl (C=O) groups is 2. The van der Waals surface area contributed by atoms with E-state index in [4.69, 9.17) is 14.8 Å². The first kappa shape index (κ1) is 22.5. The van der Waals surface area contributed by atoms with Crippen molar-refractivity contribution in [3.8, 4) is 16.3 Å². The lowest BCUT2D eigenvalue weighted by Gasteiger charge is -2.25. The molecule has 1 fully saturated rings. The third kappa shape index (κ3) is 5.58. The number of amides is 2. The molecule has 9 heteroatoms. The van der Waals surface area contributed by atoms with Gasteiger partial charge in [-0.1, -0.05) is 0 Å². The second-order valence-electron chi connectivity index (χ2n) is 8.37. The second kappa shape index (κ2) is 10.3. The number of urea groups is 1. The summed E-state index contributed by atoms with van der Waals surface area (Å²) in [4.78, 5) is 32.8. The molecule has 172 valence electrons. The number of carboxylic acids is 1. The number of fused-ring (bicyclic) bond motifs is 1. The number of benzene rings is 1. The highest BCUT2D eigenvalue weighted by atomic mass is 32.1. The Kier molecular flexibility index (Phi) is 7.26. The van der Waals surface area contributed by atoms with Crippen LogP contribution in [0.15, 0.2) is 24.3 Å². The van der Waals surface area contributed by atoms with Crippen molar-refractivity contribution in [2.24, 2.45) is 0 Å². The molecule has 0 saturated carbocycles.